The molecule has 0 atom stereocenters. The fourth-order valence-corrected chi connectivity index (χ4v) is 3.58. The van der Waals surface area contributed by atoms with Gasteiger partial charge < -0.3 is 4.74 Å². The van der Waals surface area contributed by atoms with E-state index in [4.69, 9.17) is 4.74 Å². The number of ether oxygens (including phenoxy) is 1. The van der Waals surface area contributed by atoms with Crippen molar-refractivity contribution in [3.63, 3.8) is 0 Å². The molecule has 0 fully saturated rings. The molecule has 0 unspecified atom stereocenters. The number of anilines is 1. The van der Waals surface area contributed by atoms with Crippen LogP contribution >= 0.6 is 0 Å². The Hall–Kier alpha value is -2.90. The summed E-state index contributed by atoms with van der Waals surface area (Å²) in [6.07, 6.45) is 1.62. The molecule has 0 radical (unpaired) electrons. The van der Waals surface area contributed by atoms with Crippen LogP contribution in [0.3, 0.4) is 0 Å². The molecule has 1 aliphatic heterocycles. The standard InChI is InChI=1S/C18H15N3O3S/c22-25(23)20-11-13-5-4-8-16(18(13)21-25)17-10-9-15(12-19-17)24-14-6-2-1-3-7-14/h1-10,12,20-21H,11H2. The topological polar surface area (TPSA) is 80.3 Å². The van der Waals surface area contributed by atoms with E-state index in [1.165, 1.54) is 0 Å². The van der Waals surface area contributed by atoms with Gasteiger partial charge in [-0.2, -0.15) is 13.1 Å². The van der Waals surface area contributed by atoms with Crippen molar-refractivity contribution in [2.45, 2.75) is 6.54 Å². The average Bonchev–Trinajstić information content (AvgIpc) is 2.62. The fourth-order valence-electron chi connectivity index (χ4n) is 2.65. The third-order valence-corrected chi connectivity index (χ3v) is 4.83. The van der Waals surface area contributed by atoms with Crippen LogP contribution in [0.5, 0.6) is 11.5 Å². The maximum absolute atomic E-state index is 11.8. The van der Waals surface area contributed by atoms with Crippen molar-refractivity contribution < 1.29 is 13.2 Å². The lowest BCUT2D eigenvalue weighted by Crippen LogP contribution is -2.34. The van der Waals surface area contributed by atoms with Gasteiger partial charge in [0.25, 0.3) is 10.2 Å². The van der Waals surface area contributed by atoms with Gasteiger partial charge in [-0.1, -0.05) is 36.4 Å². The lowest BCUT2D eigenvalue weighted by molar-refractivity contribution is 0.480. The SMILES string of the molecule is O=S1(=O)NCc2cccc(-c3ccc(Oc4ccccc4)cn3)c2N1. The summed E-state index contributed by atoms with van der Waals surface area (Å²) in [5.41, 5.74) is 2.83. The Bertz CT molecular complexity index is 1000. The lowest BCUT2D eigenvalue weighted by atomic mass is 10.0. The van der Waals surface area contributed by atoms with Crippen LogP contribution in [0.2, 0.25) is 0 Å². The van der Waals surface area contributed by atoms with Crippen molar-refractivity contribution in [1.29, 1.82) is 0 Å². The third kappa shape index (κ3) is 3.33. The largest absolute Gasteiger partial charge is 0.456 e. The van der Waals surface area contributed by atoms with Crippen LogP contribution in [0.4, 0.5) is 5.69 Å². The average molecular weight is 353 g/mol. The van der Waals surface area contributed by atoms with Crippen LogP contribution in [-0.2, 0) is 16.8 Å². The highest BCUT2D eigenvalue weighted by Gasteiger charge is 2.22. The molecule has 0 spiro atoms. The van der Waals surface area contributed by atoms with Crippen molar-refractivity contribution in [1.82, 2.24) is 9.71 Å². The van der Waals surface area contributed by atoms with Gasteiger partial charge in [-0.3, -0.25) is 9.71 Å². The Labute approximate surface area is 145 Å². The van der Waals surface area contributed by atoms with Gasteiger partial charge in [0.05, 0.1) is 17.6 Å². The first kappa shape index (κ1) is 15.6. The minimum Gasteiger partial charge on any atom is -0.456 e. The van der Waals surface area contributed by atoms with E-state index >= 15 is 0 Å². The monoisotopic (exact) mass is 353 g/mol. The lowest BCUT2D eigenvalue weighted by Gasteiger charge is -2.21. The maximum atomic E-state index is 11.8. The molecule has 126 valence electrons. The zero-order valence-electron chi connectivity index (χ0n) is 13.1. The normalized spacial score (nSPS) is 15.0. The number of nitrogens with zero attached hydrogens (tertiary/aromatic N) is 1. The van der Waals surface area contributed by atoms with Gasteiger partial charge in [0.2, 0.25) is 0 Å². The van der Waals surface area contributed by atoms with Crippen LogP contribution in [0.1, 0.15) is 5.56 Å². The van der Waals surface area contributed by atoms with Gasteiger partial charge in [-0.15, -0.1) is 0 Å². The van der Waals surface area contributed by atoms with Gasteiger partial charge in [0, 0.05) is 12.1 Å². The molecule has 3 aromatic rings. The number of rotatable bonds is 3. The number of nitrogens with one attached hydrogen (secondary N) is 2. The minimum absolute atomic E-state index is 0.258. The number of hydrogen-bond donors (Lipinski definition) is 2. The highest BCUT2D eigenvalue weighted by Crippen LogP contribution is 2.33. The van der Waals surface area contributed by atoms with Crippen molar-refractivity contribution in [2.75, 3.05) is 4.72 Å². The smallest absolute Gasteiger partial charge is 0.299 e. The number of para-hydroxylation sites is 2. The highest BCUT2D eigenvalue weighted by atomic mass is 32.2. The summed E-state index contributed by atoms with van der Waals surface area (Å²) >= 11 is 0. The fraction of sp³-hybridized carbons (Fsp3) is 0.0556. The zero-order chi connectivity index (χ0) is 17.3. The predicted molar refractivity (Wildman–Crippen MR) is 95.6 cm³/mol. The maximum Gasteiger partial charge on any atom is 0.299 e. The minimum atomic E-state index is -3.53. The second kappa shape index (κ2) is 6.19. The molecule has 0 saturated heterocycles. The van der Waals surface area contributed by atoms with Gasteiger partial charge >= 0.3 is 0 Å². The number of pyridine rings is 1. The quantitative estimate of drug-likeness (QED) is 0.757. The molecule has 0 saturated carbocycles. The van der Waals surface area contributed by atoms with Crippen molar-refractivity contribution in [3.8, 4) is 22.8 Å². The van der Waals surface area contributed by atoms with E-state index in [0.717, 1.165) is 16.9 Å². The van der Waals surface area contributed by atoms with Gasteiger partial charge in [0.15, 0.2) is 0 Å². The van der Waals surface area contributed by atoms with Gasteiger partial charge in [-0.25, -0.2) is 0 Å². The van der Waals surface area contributed by atoms with E-state index < -0.39 is 10.2 Å². The molecule has 1 aliphatic rings. The number of benzene rings is 2. The first-order valence-electron chi connectivity index (χ1n) is 7.69. The molecule has 6 nitrogen and oxygen atoms in total. The van der Waals surface area contributed by atoms with Crippen molar-refractivity contribution >= 4 is 15.9 Å². The Morgan fingerprint density at radius 3 is 2.52 bits per heavy atom. The molecule has 4 rings (SSSR count). The Morgan fingerprint density at radius 2 is 1.76 bits per heavy atom. The molecule has 2 aromatic carbocycles. The van der Waals surface area contributed by atoms with Crippen molar-refractivity contribution in [2.24, 2.45) is 0 Å². The molecular formula is C18H15N3O3S. The summed E-state index contributed by atoms with van der Waals surface area (Å²) in [5, 5.41) is 0. The zero-order valence-corrected chi connectivity index (χ0v) is 14.0. The van der Waals surface area contributed by atoms with E-state index in [1.807, 2.05) is 60.7 Å². The Balaban J connectivity index is 1.65. The number of aromatic nitrogens is 1. The van der Waals surface area contributed by atoms with Gasteiger partial charge in [0.1, 0.15) is 11.5 Å². The molecule has 1 aromatic heterocycles. The first-order chi connectivity index (χ1) is 12.1. The summed E-state index contributed by atoms with van der Waals surface area (Å²) in [4.78, 5) is 4.42. The molecule has 7 heteroatoms. The summed E-state index contributed by atoms with van der Waals surface area (Å²) in [7, 11) is -3.53. The highest BCUT2D eigenvalue weighted by molar-refractivity contribution is 7.90. The van der Waals surface area contributed by atoms with Crippen LogP contribution in [0.15, 0.2) is 66.9 Å². The molecule has 0 amide bonds. The number of hydrogen-bond acceptors (Lipinski definition) is 4. The second-order valence-corrected chi connectivity index (χ2v) is 7.06. The number of fused-ring (bicyclic) bond motifs is 1. The molecule has 2 heterocycles. The summed E-state index contributed by atoms with van der Waals surface area (Å²) in [6, 6.07) is 18.7. The van der Waals surface area contributed by atoms with Gasteiger partial charge in [-0.05, 0) is 29.8 Å². The Morgan fingerprint density at radius 1 is 0.920 bits per heavy atom. The Kier molecular flexibility index (Phi) is 3.87. The van der Waals surface area contributed by atoms with Crippen molar-refractivity contribution in [3.05, 3.63) is 72.4 Å². The van der Waals surface area contributed by atoms with Crippen LogP contribution < -0.4 is 14.2 Å². The third-order valence-electron chi connectivity index (χ3n) is 3.83. The van der Waals surface area contributed by atoms with E-state index in [1.54, 1.807) is 6.20 Å². The van der Waals surface area contributed by atoms with Crippen LogP contribution in [0, 0.1) is 0 Å². The van der Waals surface area contributed by atoms with E-state index in [0.29, 0.717) is 17.1 Å². The molecule has 2 N–H and O–H groups in total. The summed E-state index contributed by atoms with van der Waals surface area (Å²) in [6.45, 7) is 0.258. The molecule has 25 heavy (non-hydrogen) atoms. The summed E-state index contributed by atoms with van der Waals surface area (Å²) < 4.78 is 34.3. The summed E-state index contributed by atoms with van der Waals surface area (Å²) in [5.74, 6) is 1.34. The predicted octanol–water partition coefficient (Wildman–Crippen LogP) is 3.30. The van der Waals surface area contributed by atoms with Crippen LogP contribution in [-0.4, -0.2) is 13.4 Å². The van der Waals surface area contributed by atoms with E-state index in [-0.39, 0.29) is 6.54 Å². The molecule has 0 bridgehead atoms. The first-order valence-corrected chi connectivity index (χ1v) is 9.18. The molecule has 0 aliphatic carbocycles. The van der Waals surface area contributed by atoms with Crippen LogP contribution in [0.25, 0.3) is 11.3 Å². The van der Waals surface area contributed by atoms with E-state index in [9.17, 15) is 8.42 Å². The molecular weight excluding hydrogens is 338 g/mol. The second-order valence-electron chi connectivity index (χ2n) is 5.56. The van der Waals surface area contributed by atoms with E-state index in [2.05, 4.69) is 14.4 Å².